The van der Waals surface area contributed by atoms with Gasteiger partial charge in [0.2, 0.25) is 0 Å². The first-order valence-corrected chi connectivity index (χ1v) is 4.90. The van der Waals surface area contributed by atoms with Gasteiger partial charge in [-0.3, -0.25) is 0 Å². The predicted octanol–water partition coefficient (Wildman–Crippen LogP) is 4.62. The highest BCUT2D eigenvalue weighted by atomic mass is 35.5. The predicted molar refractivity (Wildman–Crippen MR) is 43.9 cm³/mol. The summed E-state index contributed by atoms with van der Waals surface area (Å²) in [5.74, 6) is -19.2. The molecule has 0 aromatic carbocycles. The molecule has 108 valence electrons. The molecule has 0 aliphatic heterocycles. The fraction of sp³-hybridized carbons (Fsp3) is 1.00. The number of halogens is 12. The zero-order valence-electron chi connectivity index (χ0n) is 7.54. The van der Waals surface area contributed by atoms with Gasteiger partial charge >= 0.3 is 33.2 Å². The SMILES string of the molecule is FC1(F)C(F)(F)[C@@](F)(Cl)[C@](F)(Cl)C(F)(F)[C@@]1(F)Cl. The molecule has 0 nitrogen and oxygen atoms in total. The maximum Gasteiger partial charge on any atom is 0.368 e. The molecule has 1 aliphatic rings. The van der Waals surface area contributed by atoms with E-state index in [0.717, 1.165) is 0 Å². The first-order chi connectivity index (χ1) is 7.50. The van der Waals surface area contributed by atoms with Gasteiger partial charge in [0, 0.05) is 0 Å². The smallest absolute Gasteiger partial charge is 0.214 e. The van der Waals surface area contributed by atoms with Gasteiger partial charge in [0.1, 0.15) is 0 Å². The third kappa shape index (κ3) is 1.28. The maximum atomic E-state index is 13.1. The molecule has 1 aliphatic carbocycles. The summed E-state index contributed by atoms with van der Waals surface area (Å²) >= 11 is 12.1. The van der Waals surface area contributed by atoms with Crippen molar-refractivity contribution in [1.82, 2.24) is 0 Å². The van der Waals surface area contributed by atoms with Gasteiger partial charge in [-0.25, -0.2) is 13.2 Å². The fourth-order valence-electron chi connectivity index (χ4n) is 1.18. The van der Waals surface area contributed by atoms with E-state index in [0.29, 0.717) is 0 Å². The minimum Gasteiger partial charge on any atom is -0.214 e. The van der Waals surface area contributed by atoms with Crippen molar-refractivity contribution in [3.8, 4) is 0 Å². The Kier molecular flexibility index (Phi) is 3.13. The van der Waals surface area contributed by atoms with E-state index in [2.05, 4.69) is 34.8 Å². The van der Waals surface area contributed by atoms with Crippen molar-refractivity contribution in [2.45, 2.75) is 33.2 Å². The molecule has 0 spiro atoms. The van der Waals surface area contributed by atoms with Crippen LogP contribution in [0.5, 0.6) is 0 Å². The van der Waals surface area contributed by atoms with Crippen LogP contribution in [0.4, 0.5) is 39.5 Å². The van der Waals surface area contributed by atoms with E-state index in [9.17, 15) is 39.5 Å². The van der Waals surface area contributed by atoms with Gasteiger partial charge in [0.25, 0.3) is 0 Å². The second-order valence-electron chi connectivity index (χ2n) is 3.45. The molecule has 0 amide bonds. The van der Waals surface area contributed by atoms with Crippen LogP contribution in [0.25, 0.3) is 0 Å². The summed E-state index contributed by atoms with van der Waals surface area (Å²) in [6.07, 6.45) is 0. The van der Waals surface area contributed by atoms with E-state index in [1.165, 1.54) is 0 Å². The third-order valence-corrected chi connectivity index (χ3v) is 3.93. The molecule has 0 aromatic heterocycles. The Bertz CT molecular complexity index is 257. The first-order valence-electron chi connectivity index (χ1n) is 3.77. The van der Waals surface area contributed by atoms with Crippen molar-refractivity contribution in [2.24, 2.45) is 0 Å². The maximum absolute atomic E-state index is 13.1. The Morgan fingerprint density at radius 2 is 0.611 bits per heavy atom. The van der Waals surface area contributed by atoms with Crippen LogP contribution in [-0.4, -0.2) is 33.2 Å². The average Bonchev–Trinajstić information content (AvgIpc) is 2.14. The standard InChI is InChI=1S/C6Cl3F9/c7-1(10)2(8,11)5(15,16)6(17,18)3(9,12)4(1,13)14/t1-,2-,3+/m1/s1. The molecule has 0 bridgehead atoms. The van der Waals surface area contributed by atoms with Crippen molar-refractivity contribution in [3.05, 3.63) is 0 Å². The molecule has 0 heterocycles. The van der Waals surface area contributed by atoms with Crippen LogP contribution in [0.2, 0.25) is 0 Å². The van der Waals surface area contributed by atoms with Crippen LogP contribution in [0.3, 0.4) is 0 Å². The molecule has 3 atom stereocenters. The Morgan fingerprint density at radius 3 is 0.944 bits per heavy atom. The lowest BCUT2D eigenvalue weighted by atomic mass is 9.83. The lowest BCUT2D eigenvalue weighted by molar-refractivity contribution is -0.383. The average molecular weight is 349 g/mol. The Labute approximate surface area is 108 Å². The first kappa shape index (κ1) is 16.3. The number of rotatable bonds is 0. The summed E-state index contributed by atoms with van der Waals surface area (Å²) in [5, 5.41) is -17.5. The van der Waals surface area contributed by atoms with Crippen molar-refractivity contribution in [3.63, 3.8) is 0 Å². The van der Waals surface area contributed by atoms with E-state index >= 15 is 0 Å². The summed E-state index contributed by atoms with van der Waals surface area (Å²) in [4.78, 5) is 0. The molecule has 1 rings (SSSR count). The summed E-state index contributed by atoms with van der Waals surface area (Å²) in [7, 11) is 0. The molecule has 18 heavy (non-hydrogen) atoms. The highest BCUT2D eigenvalue weighted by molar-refractivity contribution is 6.36. The zero-order chi connectivity index (χ0) is 15.0. The number of alkyl halides is 12. The second kappa shape index (κ2) is 3.46. The number of hydrogen-bond donors (Lipinski definition) is 0. The summed E-state index contributed by atoms with van der Waals surface area (Å²) in [5.41, 5.74) is 0. The van der Waals surface area contributed by atoms with E-state index in [1.54, 1.807) is 0 Å². The largest absolute Gasteiger partial charge is 0.368 e. The molecule has 0 radical (unpaired) electrons. The molecule has 0 aromatic rings. The summed E-state index contributed by atoms with van der Waals surface area (Å²) in [6, 6.07) is 0. The highest BCUT2D eigenvalue weighted by Crippen LogP contribution is 2.71. The van der Waals surface area contributed by atoms with E-state index in [1.807, 2.05) is 0 Å². The van der Waals surface area contributed by atoms with Crippen molar-refractivity contribution >= 4 is 34.8 Å². The second-order valence-corrected chi connectivity index (χ2v) is 5.01. The molecular formula is C6Cl3F9. The van der Waals surface area contributed by atoms with Crippen LogP contribution < -0.4 is 0 Å². The van der Waals surface area contributed by atoms with Crippen LogP contribution in [0.15, 0.2) is 0 Å². The quantitative estimate of drug-likeness (QED) is 0.442. The lowest BCUT2D eigenvalue weighted by Gasteiger charge is -2.51. The van der Waals surface area contributed by atoms with Crippen molar-refractivity contribution in [2.75, 3.05) is 0 Å². The normalized spacial score (nSPS) is 50.0. The summed E-state index contributed by atoms with van der Waals surface area (Å²) < 4.78 is 116. The Morgan fingerprint density at radius 1 is 0.389 bits per heavy atom. The van der Waals surface area contributed by atoms with E-state index in [-0.39, 0.29) is 0 Å². The van der Waals surface area contributed by atoms with Gasteiger partial charge in [-0.2, -0.15) is 26.3 Å². The summed E-state index contributed by atoms with van der Waals surface area (Å²) in [6.45, 7) is 0. The van der Waals surface area contributed by atoms with Gasteiger partial charge in [-0.05, 0) is 0 Å². The van der Waals surface area contributed by atoms with E-state index in [4.69, 9.17) is 0 Å². The molecule has 0 N–H and O–H groups in total. The van der Waals surface area contributed by atoms with Crippen LogP contribution >= 0.6 is 34.8 Å². The molecular weight excluding hydrogens is 349 g/mol. The number of hydrogen-bond acceptors (Lipinski definition) is 0. The highest BCUT2D eigenvalue weighted by Gasteiger charge is 2.98. The monoisotopic (exact) mass is 348 g/mol. The topological polar surface area (TPSA) is 0 Å². The van der Waals surface area contributed by atoms with E-state index < -0.39 is 33.2 Å². The molecule has 1 saturated carbocycles. The van der Waals surface area contributed by atoms with Gasteiger partial charge in [-0.1, -0.05) is 34.8 Å². The van der Waals surface area contributed by atoms with Crippen molar-refractivity contribution in [1.29, 1.82) is 0 Å². The fourth-order valence-corrected chi connectivity index (χ4v) is 1.97. The van der Waals surface area contributed by atoms with Crippen molar-refractivity contribution < 1.29 is 39.5 Å². The molecule has 0 saturated heterocycles. The van der Waals surface area contributed by atoms with Gasteiger partial charge in [-0.15, -0.1) is 0 Å². The Balaban J connectivity index is 3.72. The Hall–Kier alpha value is 0.240. The van der Waals surface area contributed by atoms with Gasteiger partial charge in [0.05, 0.1) is 0 Å². The lowest BCUT2D eigenvalue weighted by Crippen LogP contribution is -2.81. The molecule has 12 heteroatoms. The molecule has 0 unspecified atom stereocenters. The van der Waals surface area contributed by atoms with Crippen LogP contribution in [0.1, 0.15) is 0 Å². The minimum atomic E-state index is -6.52. The van der Waals surface area contributed by atoms with Crippen LogP contribution in [0, 0.1) is 0 Å². The molecule has 1 fully saturated rings. The van der Waals surface area contributed by atoms with Gasteiger partial charge in [0.15, 0.2) is 0 Å². The van der Waals surface area contributed by atoms with Crippen LogP contribution in [-0.2, 0) is 0 Å². The third-order valence-electron chi connectivity index (χ3n) is 2.37. The van der Waals surface area contributed by atoms with Gasteiger partial charge < -0.3 is 0 Å². The minimum absolute atomic E-state index is 3.96. The zero-order valence-corrected chi connectivity index (χ0v) is 9.80.